The predicted molar refractivity (Wildman–Crippen MR) is 76.3 cm³/mol. The third kappa shape index (κ3) is 3.86. The number of rotatable bonds is 6. The fourth-order valence-electron chi connectivity index (χ4n) is 1.52. The van der Waals surface area contributed by atoms with Crippen LogP contribution in [0.1, 0.15) is 23.6 Å². The van der Waals surface area contributed by atoms with Gasteiger partial charge in [-0.3, -0.25) is 4.79 Å². The average molecular weight is 293 g/mol. The van der Waals surface area contributed by atoms with Gasteiger partial charge in [0.1, 0.15) is 5.76 Å². The van der Waals surface area contributed by atoms with E-state index in [1.807, 2.05) is 24.4 Å². The van der Waals surface area contributed by atoms with Crippen LogP contribution < -0.4 is 11.1 Å². The summed E-state index contributed by atoms with van der Waals surface area (Å²) in [6.45, 7) is 1.62. The standard InChI is InChI=1S/C13H15N3O3S/c1-9(10-4-2-6-18-10)15-12(17)8-19-16-13(14)11-5-3-7-20-11/h2-7,9H,8H2,1H3,(H2,14,16)(H,15,17). The van der Waals surface area contributed by atoms with Crippen LogP contribution in [0.5, 0.6) is 0 Å². The molecule has 2 aromatic heterocycles. The minimum atomic E-state index is -0.295. The molecule has 0 aliphatic carbocycles. The van der Waals surface area contributed by atoms with Crippen molar-refractivity contribution in [3.63, 3.8) is 0 Å². The molecule has 2 heterocycles. The van der Waals surface area contributed by atoms with Gasteiger partial charge in [-0.15, -0.1) is 11.3 Å². The third-order valence-electron chi connectivity index (χ3n) is 2.48. The van der Waals surface area contributed by atoms with Crippen LogP contribution in [0.25, 0.3) is 0 Å². The molecule has 0 fully saturated rings. The summed E-state index contributed by atoms with van der Waals surface area (Å²) >= 11 is 1.45. The lowest BCUT2D eigenvalue weighted by atomic mass is 10.2. The summed E-state index contributed by atoms with van der Waals surface area (Å²) in [6.07, 6.45) is 1.56. The highest BCUT2D eigenvalue weighted by molar-refractivity contribution is 7.12. The maximum Gasteiger partial charge on any atom is 0.261 e. The topological polar surface area (TPSA) is 89.8 Å². The maximum absolute atomic E-state index is 11.6. The minimum Gasteiger partial charge on any atom is -0.467 e. The summed E-state index contributed by atoms with van der Waals surface area (Å²) in [6, 6.07) is 7.02. The number of furan rings is 1. The van der Waals surface area contributed by atoms with E-state index in [4.69, 9.17) is 15.0 Å². The van der Waals surface area contributed by atoms with E-state index in [1.165, 1.54) is 11.3 Å². The molecule has 106 valence electrons. The minimum absolute atomic E-state index is 0.197. The van der Waals surface area contributed by atoms with Gasteiger partial charge in [0.15, 0.2) is 12.4 Å². The Morgan fingerprint density at radius 3 is 3.05 bits per heavy atom. The summed E-state index contributed by atoms with van der Waals surface area (Å²) in [7, 11) is 0. The van der Waals surface area contributed by atoms with E-state index in [2.05, 4.69) is 10.5 Å². The number of amides is 1. The molecule has 0 saturated heterocycles. The van der Waals surface area contributed by atoms with Crippen molar-refractivity contribution < 1.29 is 14.0 Å². The smallest absolute Gasteiger partial charge is 0.261 e. The van der Waals surface area contributed by atoms with Gasteiger partial charge in [-0.05, 0) is 30.5 Å². The molecule has 7 heteroatoms. The Hall–Kier alpha value is -2.28. The van der Waals surface area contributed by atoms with E-state index in [-0.39, 0.29) is 24.4 Å². The lowest BCUT2D eigenvalue weighted by molar-refractivity contribution is -0.126. The van der Waals surface area contributed by atoms with Gasteiger partial charge < -0.3 is 20.3 Å². The zero-order valence-corrected chi connectivity index (χ0v) is 11.7. The number of hydrogen-bond donors (Lipinski definition) is 2. The van der Waals surface area contributed by atoms with Gasteiger partial charge in [0.2, 0.25) is 0 Å². The van der Waals surface area contributed by atoms with Crippen LogP contribution in [-0.2, 0) is 9.63 Å². The molecule has 1 unspecified atom stereocenters. The molecule has 20 heavy (non-hydrogen) atoms. The molecule has 1 atom stereocenters. The Bertz CT molecular complexity index is 564. The Morgan fingerprint density at radius 1 is 1.55 bits per heavy atom. The molecule has 0 bridgehead atoms. The maximum atomic E-state index is 11.6. The van der Waals surface area contributed by atoms with Crippen molar-refractivity contribution in [2.24, 2.45) is 10.9 Å². The number of amidine groups is 1. The molecule has 1 amide bonds. The van der Waals surface area contributed by atoms with Gasteiger partial charge in [0.05, 0.1) is 17.2 Å². The summed E-state index contributed by atoms with van der Waals surface area (Å²) in [5.74, 6) is 0.642. The van der Waals surface area contributed by atoms with E-state index in [1.54, 1.807) is 18.4 Å². The number of nitrogens with zero attached hydrogens (tertiary/aromatic N) is 1. The number of hydrogen-bond acceptors (Lipinski definition) is 5. The molecular formula is C13H15N3O3S. The van der Waals surface area contributed by atoms with Crippen molar-refractivity contribution in [2.75, 3.05) is 6.61 Å². The van der Waals surface area contributed by atoms with Gasteiger partial charge in [-0.25, -0.2) is 0 Å². The van der Waals surface area contributed by atoms with Crippen LogP contribution in [0.2, 0.25) is 0 Å². The summed E-state index contributed by atoms with van der Waals surface area (Å²) in [5.41, 5.74) is 5.69. The van der Waals surface area contributed by atoms with Crippen LogP contribution >= 0.6 is 11.3 Å². The highest BCUT2D eigenvalue weighted by Crippen LogP contribution is 2.11. The van der Waals surface area contributed by atoms with Crippen molar-refractivity contribution in [2.45, 2.75) is 13.0 Å². The van der Waals surface area contributed by atoms with Crippen molar-refractivity contribution in [1.29, 1.82) is 0 Å². The molecular weight excluding hydrogens is 278 g/mol. The van der Waals surface area contributed by atoms with Crippen molar-refractivity contribution in [1.82, 2.24) is 5.32 Å². The summed E-state index contributed by atoms with van der Waals surface area (Å²) in [5, 5.41) is 8.31. The predicted octanol–water partition coefficient (Wildman–Crippen LogP) is 1.86. The second-order valence-electron chi connectivity index (χ2n) is 4.03. The first-order valence-corrected chi connectivity index (χ1v) is 6.87. The van der Waals surface area contributed by atoms with Crippen LogP contribution in [0.4, 0.5) is 0 Å². The number of nitrogens with one attached hydrogen (secondary N) is 1. The van der Waals surface area contributed by atoms with Crippen LogP contribution in [0, 0.1) is 0 Å². The SMILES string of the molecule is CC(NC(=O)CO/N=C(\N)c1cccs1)c1ccco1. The molecule has 2 aromatic rings. The van der Waals surface area contributed by atoms with Gasteiger partial charge in [-0.2, -0.15) is 0 Å². The number of carbonyl (C=O) groups excluding carboxylic acids is 1. The van der Waals surface area contributed by atoms with Gasteiger partial charge >= 0.3 is 0 Å². The molecule has 0 aliphatic rings. The van der Waals surface area contributed by atoms with E-state index in [9.17, 15) is 4.79 Å². The van der Waals surface area contributed by atoms with Crippen LogP contribution in [0.3, 0.4) is 0 Å². The van der Waals surface area contributed by atoms with Crippen molar-refractivity contribution in [3.05, 3.63) is 46.5 Å². The molecule has 6 nitrogen and oxygen atoms in total. The molecule has 0 aliphatic heterocycles. The van der Waals surface area contributed by atoms with Crippen LogP contribution in [0.15, 0.2) is 45.5 Å². The largest absolute Gasteiger partial charge is 0.467 e. The Morgan fingerprint density at radius 2 is 2.40 bits per heavy atom. The van der Waals surface area contributed by atoms with Gasteiger partial charge in [-0.1, -0.05) is 11.2 Å². The molecule has 0 saturated carbocycles. The summed E-state index contributed by atoms with van der Waals surface area (Å²) < 4.78 is 5.19. The fraction of sp³-hybridized carbons (Fsp3) is 0.231. The fourth-order valence-corrected chi connectivity index (χ4v) is 2.14. The normalized spacial score (nSPS) is 12.9. The highest BCUT2D eigenvalue weighted by atomic mass is 32.1. The first-order chi connectivity index (χ1) is 9.66. The van der Waals surface area contributed by atoms with Crippen molar-refractivity contribution in [3.8, 4) is 0 Å². The van der Waals surface area contributed by atoms with E-state index in [0.29, 0.717) is 5.76 Å². The van der Waals surface area contributed by atoms with Gasteiger partial charge in [0, 0.05) is 0 Å². The average Bonchev–Trinajstić information content (AvgIpc) is 3.12. The van der Waals surface area contributed by atoms with E-state index >= 15 is 0 Å². The number of oxime groups is 1. The number of thiophene rings is 1. The molecule has 0 spiro atoms. The highest BCUT2D eigenvalue weighted by Gasteiger charge is 2.12. The quantitative estimate of drug-likeness (QED) is 0.483. The lowest BCUT2D eigenvalue weighted by Gasteiger charge is -2.10. The molecule has 0 radical (unpaired) electrons. The number of nitrogens with two attached hydrogens (primary N) is 1. The Kier molecular flexibility index (Phi) is 4.78. The van der Waals surface area contributed by atoms with E-state index in [0.717, 1.165) is 4.88 Å². The van der Waals surface area contributed by atoms with Crippen LogP contribution in [-0.4, -0.2) is 18.3 Å². The number of carbonyl (C=O) groups is 1. The first-order valence-electron chi connectivity index (χ1n) is 5.99. The third-order valence-corrected chi connectivity index (χ3v) is 3.37. The second kappa shape index (κ2) is 6.76. The van der Waals surface area contributed by atoms with Crippen molar-refractivity contribution >= 4 is 23.1 Å². The Labute approximate surface area is 120 Å². The monoisotopic (exact) mass is 293 g/mol. The molecule has 2 rings (SSSR count). The second-order valence-corrected chi connectivity index (χ2v) is 4.98. The molecule has 0 aromatic carbocycles. The van der Waals surface area contributed by atoms with Gasteiger partial charge in [0.25, 0.3) is 5.91 Å². The zero-order chi connectivity index (χ0) is 14.4. The zero-order valence-electron chi connectivity index (χ0n) is 10.9. The van der Waals surface area contributed by atoms with E-state index < -0.39 is 0 Å². The Balaban J connectivity index is 1.77. The summed E-state index contributed by atoms with van der Waals surface area (Å²) in [4.78, 5) is 17.4. The molecule has 3 N–H and O–H groups in total. The first kappa shape index (κ1) is 14.1. The lowest BCUT2D eigenvalue weighted by Crippen LogP contribution is -2.29.